The molecule has 0 fully saturated rings. The smallest absolute Gasteiger partial charge is 0.407 e. The standard InChI is InChI=1S/C18H30N2O3/c1-12(2)15(11-20-17(22)23-18(4,5)6)19-10-14-9-13(3)7-8-16(14)21/h7-9,12,15,19,21H,10-11H2,1-6H3,(H,20,22). The van der Waals surface area contributed by atoms with E-state index in [0.29, 0.717) is 19.0 Å². The summed E-state index contributed by atoms with van der Waals surface area (Å²) in [4.78, 5) is 11.8. The first kappa shape index (κ1) is 19.3. The summed E-state index contributed by atoms with van der Waals surface area (Å²) >= 11 is 0. The second kappa shape index (κ2) is 8.20. The quantitative estimate of drug-likeness (QED) is 0.751. The molecule has 5 nitrogen and oxygen atoms in total. The molecule has 23 heavy (non-hydrogen) atoms. The topological polar surface area (TPSA) is 70.6 Å². The summed E-state index contributed by atoms with van der Waals surface area (Å²) in [6.45, 7) is 12.7. The highest BCUT2D eigenvalue weighted by Gasteiger charge is 2.19. The van der Waals surface area contributed by atoms with Crippen molar-refractivity contribution in [2.75, 3.05) is 6.54 Å². The van der Waals surface area contributed by atoms with Gasteiger partial charge in [0.2, 0.25) is 0 Å². The van der Waals surface area contributed by atoms with E-state index in [4.69, 9.17) is 4.74 Å². The molecule has 0 heterocycles. The molecule has 1 amide bonds. The van der Waals surface area contributed by atoms with Gasteiger partial charge < -0.3 is 20.5 Å². The van der Waals surface area contributed by atoms with Crippen LogP contribution in [0.4, 0.5) is 4.79 Å². The number of phenolic OH excluding ortho intramolecular Hbond substituents is 1. The molecule has 1 atom stereocenters. The lowest BCUT2D eigenvalue weighted by Crippen LogP contribution is -2.45. The molecule has 0 saturated carbocycles. The molecule has 5 heteroatoms. The number of rotatable bonds is 6. The highest BCUT2D eigenvalue weighted by molar-refractivity contribution is 5.67. The second-order valence-corrected chi connectivity index (χ2v) is 7.25. The van der Waals surface area contributed by atoms with Gasteiger partial charge in [0, 0.05) is 24.7 Å². The highest BCUT2D eigenvalue weighted by Crippen LogP contribution is 2.18. The van der Waals surface area contributed by atoms with Gasteiger partial charge in [-0.1, -0.05) is 31.5 Å². The van der Waals surface area contributed by atoms with Crippen LogP contribution in [0, 0.1) is 12.8 Å². The van der Waals surface area contributed by atoms with E-state index < -0.39 is 11.7 Å². The van der Waals surface area contributed by atoms with E-state index in [2.05, 4.69) is 24.5 Å². The maximum absolute atomic E-state index is 11.8. The third kappa shape index (κ3) is 7.37. The number of hydrogen-bond acceptors (Lipinski definition) is 4. The summed E-state index contributed by atoms with van der Waals surface area (Å²) in [6, 6.07) is 5.63. The first-order valence-electron chi connectivity index (χ1n) is 8.07. The number of aryl methyl sites for hydroxylation is 1. The van der Waals surface area contributed by atoms with Gasteiger partial charge in [0.25, 0.3) is 0 Å². The number of nitrogens with one attached hydrogen (secondary N) is 2. The largest absolute Gasteiger partial charge is 0.508 e. The van der Waals surface area contributed by atoms with Crippen molar-refractivity contribution >= 4 is 6.09 Å². The number of carbonyl (C=O) groups is 1. The number of alkyl carbamates (subject to hydrolysis) is 1. The van der Waals surface area contributed by atoms with Gasteiger partial charge in [-0.3, -0.25) is 0 Å². The van der Waals surface area contributed by atoms with Gasteiger partial charge in [0.1, 0.15) is 11.4 Å². The van der Waals surface area contributed by atoms with Crippen LogP contribution in [0.2, 0.25) is 0 Å². The van der Waals surface area contributed by atoms with E-state index in [9.17, 15) is 9.90 Å². The Balaban J connectivity index is 2.56. The van der Waals surface area contributed by atoms with Crippen molar-refractivity contribution in [2.45, 2.75) is 59.7 Å². The Kier molecular flexibility index (Phi) is 6.88. The van der Waals surface area contributed by atoms with Crippen LogP contribution in [0.3, 0.4) is 0 Å². The number of phenols is 1. The summed E-state index contributed by atoms with van der Waals surface area (Å²) < 4.78 is 5.25. The van der Waals surface area contributed by atoms with E-state index in [-0.39, 0.29) is 11.8 Å². The molecule has 3 N–H and O–H groups in total. The normalized spacial score (nSPS) is 13.0. The molecule has 0 aromatic heterocycles. The van der Waals surface area contributed by atoms with Crippen molar-refractivity contribution in [2.24, 2.45) is 5.92 Å². The molecule has 0 aliphatic heterocycles. The van der Waals surface area contributed by atoms with Crippen LogP contribution in [0.25, 0.3) is 0 Å². The lowest BCUT2D eigenvalue weighted by Gasteiger charge is -2.25. The predicted molar refractivity (Wildman–Crippen MR) is 92.5 cm³/mol. The van der Waals surface area contributed by atoms with Gasteiger partial charge in [-0.2, -0.15) is 0 Å². The lowest BCUT2D eigenvalue weighted by atomic mass is 10.0. The Labute approximate surface area is 139 Å². The van der Waals surface area contributed by atoms with Crippen LogP contribution in [0.1, 0.15) is 45.7 Å². The zero-order valence-electron chi connectivity index (χ0n) is 15.1. The number of amides is 1. The van der Waals surface area contributed by atoms with Gasteiger partial charge in [-0.05, 0) is 39.7 Å². The fourth-order valence-electron chi connectivity index (χ4n) is 2.15. The van der Waals surface area contributed by atoms with E-state index in [1.165, 1.54) is 0 Å². The van der Waals surface area contributed by atoms with Crippen molar-refractivity contribution in [3.63, 3.8) is 0 Å². The van der Waals surface area contributed by atoms with E-state index in [0.717, 1.165) is 11.1 Å². The summed E-state index contributed by atoms with van der Waals surface area (Å²) in [7, 11) is 0. The van der Waals surface area contributed by atoms with Gasteiger partial charge in [0.05, 0.1) is 0 Å². The number of ether oxygens (including phenoxy) is 1. The lowest BCUT2D eigenvalue weighted by molar-refractivity contribution is 0.0519. The summed E-state index contributed by atoms with van der Waals surface area (Å²) in [5, 5.41) is 16.1. The molecule has 0 aliphatic carbocycles. The molecule has 1 rings (SSSR count). The maximum Gasteiger partial charge on any atom is 0.407 e. The van der Waals surface area contributed by atoms with Crippen LogP contribution in [-0.4, -0.2) is 29.4 Å². The summed E-state index contributed by atoms with van der Waals surface area (Å²) in [6.07, 6.45) is -0.414. The van der Waals surface area contributed by atoms with Crippen LogP contribution < -0.4 is 10.6 Å². The van der Waals surface area contributed by atoms with Crippen LogP contribution in [-0.2, 0) is 11.3 Å². The molecular formula is C18H30N2O3. The van der Waals surface area contributed by atoms with Crippen molar-refractivity contribution < 1.29 is 14.6 Å². The Bertz CT molecular complexity index is 521. The van der Waals surface area contributed by atoms with Crippen LogP contribution >= 0.6 is 0 Å². The maximum atomic E-state index is 11.8. The number of hydrogen-bond donors (Lipinski definition) is 3. The van der Waals surface area contributed by atoms with Crippen molar-refractivity contribution in [1.82, 2.24) is 10.6 Å². The predicted octanol–water partition coefficient (Wildman–Crippen LogP) is 3.34. The Morgan fingerprint density at radius 2 is 1.96 bits per heavy atom. The molecule has 1 aromatic carbocycles. The monoisotopic (exact) mass is 322 g/mol. The molecule has 0 bridgehead atoms. The van der Waals surface area contributed by atoms with Gasteiger partial charge in [-0.25, -0.2) is 4.79 Å². The zero-order valence-corrected chi connectivity index (χ0v) is 15.1. The summed E-state index contributed by atoms with van der Waals surface area (Å²) in [5.41, 5.74) is 1.46. The molecule has 0 spiro atoms. The second-order valence-electron chi connectivity index (χ2n) is 7.25. The molecule has 1 aromatic rings. The fraction of sp³-hybridized carbons (Fsp3) is 0.611. The Hall–Kier alpha value is -1.75. The van der Waals surface area contributed by atoms with Gasteiger partial charge in [0.15, 0.2) is 0 Å². The first-order chi connectivity index (χ1) is 10.6. The molecule has 0 aliphatic rings. The molecule has 0 radical (unpaired) electrons. The molecule has 130 valence electrons. The molecule has 0 saturated heterocycles. The number of aromatic hydroxyl groups is 1. The zero-order chi connectivity index (χ0) is 17.6. The minimum absolute atomic E-state index is 0.0856. The van der Waals surface area contributed by atoms with Crippen LogP contribution in [0.5, 0.6) is 5.75 Å². The Morgan fingerprint density at radius 1 is 1.30 bits per heavy atom. The first-order valence-corrected chi connectivity index (χ1v) is 8.07. The minimum atomic E-state index is -0.502. The number of carbonyl (C=O) groups excluding carboxylic acids is 1. The van der Waals surface area contributed by atoms with E-state index in [1.807, 2.05) is 39.8 Å². The SMILES string of the molecule is Cc1ccc(O)c(CNC(CNC(=O)OC(C)(C)C)C(C)C)c1. The molecular weight excluding hydrogens is 292 g/mol. The van der Waals surface area contributed by atoms with Crippen molar-refractivity contribution in [3.05, 3.63) is 29.3 Å². The van der Waals surface area contributed by atoms with Gasteiger partial charge in [-0.15, -0.1) is 0 Å². The highest BCUT2D eigenvalue weighted by atomic mass is 16.6. The average molecular weight is 322 g/mol. The molecule has 1 unspecified atom stereocenters. The van der Waals surface area contributed by atoms with Gasteiger partial charge >= 0.3 is 6.09 Å². The average Bonchev–Trinajstić information content (AvgIpc) is 2.40. The van der Waals surface area contributed by atoms with Crippen molar-refractivity contribution in [1.29, 1.82) is 0 Å². The van der Waals surface area contributed by atoms with Crippen molar-refractivity contribution in [3.8, 4) is 5.75 Å². The summed E-state index contributed by atoms with van der Waals surface area (Å²) in [5.74, 6) is 0.614. The minimum Gasteiger partial charge on any atom is -0.508 e. The Morgan fingerprint density at radius 3 is 2.52 bits per heavy atom. The van der Waals surface area contributed by atoms with E-state index >= 15 is 0 Å². The van der Waals surface area contributed by atoms with Crippen LogP contribution in [0.15, 0.2) is 18.2 Å². The van der Waals surface area contributed by atoms with E-state index in [1.54, 1.807) is 6.07 Å². The third-order valence-corrected chi connectivity index (χ3v) is 3.46. The number of benzene rings is 1. The third-order valence-electron chi connectivity index (χ3n) is 3.46. The fourth-order valence-corrected chi connectivity index (χ4v) is 2.15.